The van der Waals surface area contributed by atoms with Crippen LogP contribution in [-0.4, -0.2) is 19.8 Å². The maximum atomic E-state index is 5.64. The first-order chi connectivity index (χ1) is 10.3. The van der Waals surface area contributed by atoms with Gasteiger partial charge in [0.1, 0.15) is 5.01 Å². The molecule has 0 radical (unpaired) electrons. The van der Waals surface area contributed by atoms with Crippen molar-refractivity contribution < 1.29 is 0 Å². The molecule has 0 spiro atoms. The lowest BCUT2D eigenvalue weighted by molar-refractivity contribution is 0.641. The molecule has 1 aromatic carbocycles. The summed E-state index contributed by atoms with van der Waals surface area (Å²) in [7, 11) is 0. The van der Waals surface area contributed by atoms with Crippen LogP contribution < -0.4 is 5.73 Å². The Hall–Kier alpha value is -1.79. The van der Waals surface area contributed by atoms with Crippen molar-refractivity contribution in [3.63, 3.8) is 0 Å². The van der Waals surface area contributed by atoms with Crippen molar-refractivity contribution in [2.24, 2.45) is 5.73 Å². The predicted octanol–water partition coefficient (Wildman–Crippen LogP) is 2.97. The summed E-state index contributed by atoms with van der Waals surface area (Å²) in [5.74, 6) is 1.55. The smallest absolute Gasteiger partial charge is 0.234 e. The summed E-state index contributed by atoms with van der Waals surface area (Å²) in [6, 6.07) is 8.25. The molecule has 4 rings (SSSR count). The standard InChI is InChI=1S/C15H17N5S/c16-9-10-5-7-12(8-6-10)14-19-20-13(11-3-1-2-4-11)17-18-15(20)21-14/h5-8,11H,1-4,9,16H2. The highest BCUT2D eigenvalue weighted by molar-refractivity contribution is 7.19. The van der Waals surface area contributed by atoms with Gasteiger partial charge in [0.2, 0.25) is 4.96 Å². The highest BCUT2D eigenvalue weighted by Gasteiger charge is 2.24. The molecule has 0 amide bonds. The van der Waals surface area contributed by atoms with Crippen molar-refractivity contribution in [2.75, 3.05) is 0 Å². The van der Waals surface area contributed by atoms with Gasteiger partial charge >= 0.3 is 0 Å². The third-order valence-electron chi connectivity index (χ3n) is 4.17. The summed E-state index contributed by atoms with van der Waals surface area (Å²) in [5.41, 5.74) is 7.88. The van der Waals surface area contributed by atoms with Gasteiger partial charge in [-0.25, -0.2) is 0 Å². The first-order valence-corrected chi connectivity index (χ1v) is 8.18. The second kappa shape index (κ2) is 5.20. The van der Waals surface area contributed by atoms with Crippen LogP contribution in [0.5, 0.6) is 0 Å². The molecule has 3 aromatic rings. The van der Waals surface area contributed by atoms with Gasteiger partial charge in [-0.1, -0.05) is 48.4 Å². The van der Waals surface area contributed by atoms with E-state index in [-0.39, 0.29) is 0 Å². The van der Waals surface area contributed by atoms with Gasteiger partial charge in [0, 0.05) is 18.0 Å². The second-order valence-corrected chi connectivity index (χ2v) is 6.50. The van der Waals surface area contributed by atoms with E-state index in [9.17, 15) is 0 Å². The minimum Gasteiger partial charge on any atom is -0.326 e. The van der Waals surface area contributed by atoms with E-state index in [1.54, 1.807) is 11.3 Å². The van der Waals surface area contributed by atoms with Crippen LogP contribution in [0.1, 0.15) is 43.0 Å². The number of nitrogens with two attached hydrogens (primary N) is 1. The molecular weight excluding hydrogens is 282 g/mol. The Balaban J connectivity index is 1.72. The Morgan fingerprint density at radius 3 is 2.62 bits per heavy atom. The number of nitrogens with zero attached hydrogens (tertiary/aromatic N) is 4. The van der Waals surface area contributed by atoms with Gasteiger partial charge in [0.15, 0.2) is 5.82 Å². The maximum Gasteiger partial charge on any atom is 0.234 e. The van der Waals surface area contributed by atoms with Crippen LogP contribution in [0.3, 0.4) is 0 Å². The van der Waals surface area contributed by atoms with Crippen LogP contribution in [-0.2, 0) is 6.54 Å². The third kappa shape index (κ3) is 2.24. The van der Waals surface area contributed by atoms with E-state index in [0.717, 1.165) is 26.9 Å². The lowest BCUT2D eigenvalue weighted by Crippen LogP contribution is -2.01. The Morgan fingerprint density at radius 2 is 1.90 bits per heavy atom. The van der Waals surface area contributed by atoms with Gasteiger partial charge in [-0.05, 0) is 18.4 Å². The van der Waals surface area contributed by atoms with Crippen LogP contribution in [0, 0.1) is 0 Å². The van der Waals surface area contributed by atoms with E-state index >= 15 is 0 Å². The average Bonchev–Trinajstić information content (AvgIpc) is 3.23. The number of hydrogen-bond acceptors (Lipinski definition) is 5. The summed E-state index contributed by atoms with van der Waals surface area (Å²) in [5, 5.41) is 14.3. The fraction of sp³-hybridized carbons (Fsp3) is 0.400. The van der Waals surface area contributed by atoms with Crippen LogP contribution >= 0.6 is 11.3 Å². The van der Waals surface area contributed by atoms with Gasteiger partial charge in [-0.15, -0.1) is 10.2 Å². The van der Waals surface area contributed by atoms with Gasteiger partial charge in [-0.3, -0.25) is 0 Å². The predicted molar refractivity (Wildman–Crippen MR) is 83.2 cm³/mol. The van der Waals surface area contributed by atoms with E-state index in [1.807, 2.05) is 4.52 Å². The van der Waals surface area contributed by atoms with Crippen LogP contribution in [0.15, 0.2) is 24.3 Å². The summed E-state index contributed by atoms with van der Waals surface area (Å²) in [6.07, 6.45) is 4.99. The Bertz CT molecular complexity index is 752. The van der Waals surface area contributed by atoms with E-state index < -0.39 is 0 Å². The minimum atomic E-state index is 0.523. The molecular formula is C15H17N5S. The molecule has 2 aromatic heterocycles. The average molecular weight is 299 g/mol. The molecule has 0 saturated heterocycles. The molecule has 1 aliphatic carbocycles. The highest BCUT2D eigenvalue weighted by Crippen LogP contribution is 2.34. The molecule has 21 heavy (non-hydrogen) atoms. The molecule has 1 saturated carbocycles. The number of hydrogen-bond donors (Lipinski definition) is 1. The normalized spacial score (nSPS) is 16.0. The van der Waals surface area contributed by atoms with E-state index in [2.05, 4.69) is 34.5 Å². The molecule has 6 heteroatoms. The lowest BCUT2D eigenvalue weighted by atomic mass is 10.1. The molecule has 0 unspecified atom stereocenters. The topological polar surface area (TPSA) is 69.1 Å². The van der Waals surface area contributed by atoms with Crippen molar-refractivity contribution >= 4 is 16.3 Å². The van der Waals surface area contributed by atoms with Gasteiger partial charge in [0.05, 0.1) is 0 Å². The summed E-state index contributed by atoms with van der Waals surface area (Å²) >= 11 is 1.59. The minimum absolute atomic E-state index is 0.523. The van der Waals surface area contributed by atoms with Crippen molar-refractivity contribution in [3.05, 3.63) is 35.7 Å². The first-order valence-electron chi connectivity index (χ1n) is 7.36. The first kappa shape index (κ1) is 12.9. The molecule has 0 bridgehead atoms. The van der Waals surface area contributed by atoms with Crippen LogP contribution in [0.4, 0.5) is 0 Å². The van der Waals surface area contributed by atoms with E-state index in [1.165, 1.54) is 25.7 Å². The molecule has 0 atom stereocenters. The molecule has 2 heterocycles. The lowest BCUT2D eigenvalue weighted by Gasteiger charge is -2.03. The van der Waals surface area contributed by atoms with Crippen LogP contribution in [0.25, 0.3) is 15.5 Å². The SMILES string of the molecule is NCc1ccc(-c2nn3c(C4CCCC4)nnc3s2)cc1. The molecule has 0 aliphatic heterocycles. The van der Waals surface area contributed by atoms with Crippen molar-refractivity contribution in [1.29, 1.82) is 0 Å². The second-order valence-electron chi connectivity index (χ2n) is 5.54. The zero-order valence-corrected chi connectivity index (χ0v) is 12.5. The van der Waals surface area contributed by atoms with E-state index in [4.69, 9.17) is 10.8 Å². The summed E-state index contributed by atoms with van der Waals surface area (Å²) in [4.78, 5) is 0.884. The monoisotopic (exact) mass is 299 g/mol. The zero-order chi connectivity index (χ0) is 14.2. The van der Waals surface area contributed by atoms with Crippen molar-refractivity contribution in [2.45, 2.75) is 38.1 Å². The summed E-state index contributed by atoms with van der Waals surface area (Å²) < 4.78 is 1.94. The van der Waals surface area contributed by atoms with Gasteiger partial charge in [0.25, 0.3) is 0 Å². The fourth-order valence-corrected chi connectivity index (χ4v) is 3.82. The Morgan fingerprint density at radius 1 is 1.14 bits per heavy atom. The summed E-state index contributed by atoms with van der Waals surface area (Å²) in [6.45, 7) is 0.567. The molecule has 1 fully saturated rings. The third-order valence-corrected chi connectivity index (χ3v) is 5.12. The largest absolute Gasteiger partial charge is 0.326 e. The van der Waals surface area contributed by atoms with Gasteiger partial charge < -0.3 is 5.73 Å². The van der Waals surface area contributed by atoms with Crippen molar-refractivity contribution in [3.8, 4) is 10.6 Å². The number of benzene rings is 1. The van der Waals surface area contributed by atoms with Gasteiger partial charge in [-0.2, -0.15) is 9.61 Å². The molecule has 2 N–H and O–H groups in total. The van der Waals surface area contributed by atoms with Crippen LogP contribution in [0.2, 0.25) is 0 Å². The Labute approximate surface area is 126 Å². The maximum absolute atomic E-state index is 5.64. The molecule has 5 nitrogen and oxygen atoms in total. The zero-order valence-electron chi connectivity index (χ0n) is 11.7. The van der Waals surface area contributed by atoms with E-state index in [0.29, 0.717) is 12.5 Å². The number of rotatable bonds is 3. The quantitative estimate of drug-likeness (QED) is 0.807. The molecule has 1 aliphatic rings. The Kier molecular flexibility index (Phi) is 3.20. The van der Waals surface area contributed by atoms with Crippen molar-refractivity contribution in [1.82, 2.24) is 19.8 Å². The fourth-order valence-electron chi connectivity index (χ4n) is 2.97. The number of aromatic nitrogens is 4. The highest BCUT2D eigenvalue weighted by atomic mass is 32.1. The number of fused-ring (bicyclic) bond motifs is 1. The molecule has 108 valence electrons.